The fourth-order valence-corrected chi connectivity index (χ4v) is 5.73. The Hall–Kier alpha value is -5.10. The molecule has 4 heterocycles. The van der Waals surface area contributed by atoms with Crippen molar-refractivity contribution < 1.29 is 0 Å². The summed E-state index contributed by atoms with van der Waals surface area (Å²) in [5.41, 5.74) is 9.62. The van der Waals surface area contributed by atoms with E-state index in [4.69, 9.17) is 9.97 Å². The average molecular weight is 521 g/mol. The van der Waals surface area contributed by atoms with Crippen LogP contribution in [0.1, 0.15) is 27.8 Å². The number of aryl methyl sites for hydroxylation is 4. The molecule has 0 saturated carbocycles. The van der Waals surface area contributed by atoms with Crippen molar-refractivity contribution in [3.8, 4) is 0 Å². The molecule has 2 aromatic heterocycles. The number of fused-ring (bicyclic) bond motifs is 3. The molecule has 0 radical (unpaired) electrons. The van der Waals surface area contributed by atoms with Gasteiger partial charge < -0.3 is 0 Å². The predicted octanol–water partition coefficient (Wildman–Crippen LogP) is 6.47. The van der Waals surface area contributed by atoms with E-state index in [1.54, 1.807) is 0 Å². The van der Waals surface area contributed by atoms with Crippen molar-refractivity contribution >= 4 is 46.2 Å². The van der Waals surface area contributed by atoms with E-state index in [9.17, 15) is 0 Å². The van der Waals surface area contributed by atoms with Crippen LogP contribution in [0.4, 0.5) is 23.0 Å². The van der Waals surface area contributed by atoms with Crippen molar-refractivity contribution in [2.75, 3.05) is 9.80 Å². The highest BCUT2D eigenvalue weighted by atomic mass is 15.5. The van der Waals surface area contributed by atoms with Gasteiger partial charge in [0.1, 0.15) is 5.82 Å². The second-order valence-electron chi connectivity index (χ2n) is 10.3. The van der Waals surface area contributed by atoms with Crippen molar-refractivity contribution in [2.45, 2.75) is 27.7 Å². The summed E-state index contributed by atoms with van der Waals surface area (Å²) in [6.07, 6.45) is 9.85. The number of hydrogen-bond acceptors (Lipinski definition) is 6. The molecular weight excluding hydrogens is 492 g/mol. The molecular formula is C34H28N6. The van der Waals surface area contributed by atoms with Crippen LogP contribution in [-0.4, -0.2) is 15.0 Å². The maximum Gasteiger partial charge on any atom is 0.183 e. The standard InChI is InChI=1S/C34H28N6/c1-21-9-7-10-22(2)31(21)39-29(16-15-28-30-25(17-19-35-28)18-20-36-30)40(32-23(3)11-8-12-24(32)4)34-33(39)37-26-13-5-6-14-27(26)38-34/h5-20H,1-4H3/b28-15+. The summed E-state index contributed by atoms with van der Waals surface area (Å²) in [7, 11) is 0. The number of pyridine rings is 1. The topological polar surface area (TPSA) is 57.5 Å². The van der Waals surface area contributed by atoms with Gasteiger partial charge in [-0.15, -0.1) is 0 Å². The average Bonchev–Trinajstić information content (AvgIpc) is 3.54. The van der Waals surface area contributed by atoms with Crippen LogP contribution in [0.25, 0.3) is 23.2 Å². The lowest BCUT2D eigenvalue weighted by Gasteiger charge is -2.28. The Morgan fingerprint density at radius 3 is 1.73 bits per heavy atom. The van der Waals surface area contributed by atoms with Gasteiger partial charge in [0.25, 0.3) is 0 Å². The zero-order valence-corrected chi connectivity index (χ0v) is 22.9. The molecule has 2 aliphatic heterocycles. The molecule has 40 heavy (non-hydrogen) atoms. The van der Waals surface area contributed by atoms with E-state index in [0.717, 1.165) is 78.4 Å². The molecule has 0 atom stereocenters. The zero-order valence-electron chi connectivity index (χ0n) is 22.9. The van der Waals surface area contributed by atoms with Gasteiger partial charge in [-0.3, -0.25) is 19.8 Å². The van der Waals surface area contributed by atoms with Crippen LogP contribution in [0, 0.1) is 27.7 Å². The summed E-state index contributed by atoms with van der Waals surface area (Å²) < 4.78 is 0. The summed E-state index contributed by atoms with van der Waals surface area (Å²) in [6.45, 7) is 8.59. The van der Waals surface area contributed by atoms with Gasteiger partial charge in [-0.2, -0.15) is 0 Å². The predicted molar refractivity (Wildman–Crippen MR) is 162 cm³/mol. The van der Waals surface area contributed by atoms with Gasteiger partial charge in [0.2, 0.25) is 0 Å². The van der Waals surface area contributed by atoms with Crippen LogP contribution in [-0.2, 0) is 0 Å². The number of allylic oxidation sites excluding steroid dienone is 1. The molecule has 0 fully saturated rings. The van der Waals surface area contributed by atoms with E-state index in [2.05, 4.69) is 96.0 Å². The summed E-state index contributed by atoms with van der Waals surface area (Å²) >= 11 is 0. The molecule has 2 aliphatic rings. The van der Waals surface area contributed by atoms with Gasteiger partial charge >= 0.3 is 0 Å². The van der Waals surface area contributed by atoms with E-state index >= 15 is 0 Å². The minimum atomic E-state index is 0.802. The molecule has 6 nitrogen and oxygen atoms in total. The zero-order chi connectivity index (χ0) is 27.4. The largest absolute Gasteiger partial charge is 0.276 e. The molecule has 0 amide bonds. The lowest BCUT2D eigenvalue weighted by Crippen LogP contribution is -2.29. The number of para-hydroxylation sites is 4. The van der Waals surface area contributed by atoms with E-state index < -0.39 is 0 Å². The van der Waals surface area contributed by atoms with Crippen LogP contribution in [0.2, 0.25) is 0 Å². The van der Waals surface area contributed by atoms with Crippen LogP contribution >= 0.6 is 0 Å². The number of anilines is 4. The number of benzene rings is 3. The van der Waals surface area contributed by atoms with Crippen molar-refractivity contribution in [2.24, 2.45) is 4.99 Å². The summed E-state index contributed by atoms with van der Waals surface area (Å²) in [5, 5.41) is 1.70. The SMILES string of the molecule is Cc1cccc(C)c1N1C(=C/C=c2/nccc3c2=NC=C3)N(c2c(C)cccc2C)c2nc3ccccc3nc21. The molecule has 0 saturated heterocycles. The molecule has 0 spiro atoms. The van der Waals surface area contributed by atoms with Crippen LogP contribution in [0.3, 0.4) is 0 Å². The molecule has 7 rings (SSSR count). The van der Waals surface area contributed by atoms with Gasteiger partial charge in [0.05, 0.1) is 33.1 Å². The summed E-state index contributed by atoms with van der Waals surface area (Å²) in [4.78, 5) is 24.2. The monoisotopic (exact) mass is 520 g/mol. The summed E-state index contributed by atoms with van der Waals surface area (Å²) in [6, 6.07) is 22.8. The third kappa shape index (κ3) is 3.72. The lowest BCUT2D eigenvalue weighted by atomic mass is 10.1. The number of aromatic nitrogens is 3. The highest BCUT2D eigenvalue weighted by Gasteiger charge is 2.38. The Morgan fingerprint density at radius 2 is 1.18 bits per heavy atom. The smallest absolute Gasteiger partial charge is 0.183 e. The second-order valence-corrected chi connectivity index (χ2v) is 10.3. The summed E-state index contributed by atoms with van der Waals surface area (Å²) in [5.74, 6) is 2.54. The third-order valence-corrected chi connectivity index (χ3v) is 7.57. The minimum Gasteiger partial charge on any atom is -0.276 e. The van der Waals surface area contributed by atoms with E-state index in [1.165, 1.54) is 0 Å². The molecule has 0 aliphatic carbocycles. The molecule has 5 aromatic rings. The Balaban J connectivity index is 1.59. The first-order valence-electron chi connectivity index (χ1n) is 13.4. The Labute approximate surface area is 233 Å². The fraction of sp³-hybridized carbons (Fsp3) is 0.118. The van der Waals surface area contributed by atoms with Gasteiger partial charge in [-0.05, 0) is 86.4 Å². The van der Waals surface area contributed by atoms with Crippen molar-refractivity contribution in [3.63, 3.8) is 0 Å². The van der Waals surface area contributed by atoms with E-state index in [1.807, 2.05) is 48.8 Å². The Kier molecular flexibility index (Phi) is 5.56. The van der Waals surface area contributed by atoms with Gasteiger partial charge in [0, 0.05) is 18.0 Å². The minimum absolute atomic E-state index is 0.802. The second kappa shape index (κ2) is 9.27. The lowest BCUT2D eigenvalue weighted by molar-refractivity contribution is 1.08. The number of nitrogens with zero attached hydrogens (tertiary/aromatic N) is 6. The van der Waals surface area contributed by atoms with Gasteiger partial charge in [-0.25, -0.2) is 9.97 Å². The molecule has 6 heteroatoms. The van der Waals surface area contributed by atoms with Crippen LogP contribution in [0.5, 0.6) is 0 Å². The molecule has 0 unspecified atom stereocenters. The Morgan fingerprint density at radius 1 is 0.625 bits per heavy atom. The van der Waals surface area contributed by atoms with Gasteiger partial charge in [0.15, 0.2) is 11.6 Å². The van der Waals surface area contributed by atoms with E-state index in [-0.39, 0.29) is 0 Å². The normalized spacial score (nSPS) is 14.1. The highest BCUT2D eigenvalue weighted by molar-refractivity contribution is 5.95. The van der Waals surface area contributed by atoms with Crippen molar-refractivity contribution in [1.29, 1.82) is 0 Å². The number of hydrogen-bond donors (Lipinski definition) is 0. The highest BCUT2D eigenvalue weighted by Crippen LogP contribution is 2.50. The molecule has 3 aromatic carbocycles. The molecule has 0 bridgehead atoms. The van der Waals surface area contributed by atoms with Gasteiger partial charge in [-0.1, -0.05) is 48.5 Å². The van der Waals surface area contributed by atoms with Crippen molar-refractivity contribution in [3.05, 3.63) is 130 Å². The first-order chi connectivity index (χ1) is 19.5. The third-order valence-electron chi connectivity index (χ3n) is 7.57. The molecule has 194 valence electrons. The molecule has 0 N–H and O–H groups in total. The maximum absolute atomic E-state index is 5.22. The van der Waals surface area contributed by atoms with E-state index in [0.29, 0.717) is 0 Å². The maximum atomic E-state index is 5.22. The Bertz CT molecular complexity index is 1880. The number of rotatable bonds is 3. The van der Waals surface area contributed by atoms with Crippen LogP contribution in [0.15, 0.2) is 96.0 Å². The first-order valence-corrected chi connectivity index (χ1v) is 13.4. The van der Waals surface area contributed by atoms with Crippen LogP contribution < -0.4 is 20.5 Å². The quantitative estimate of drug-likeness (QED) is 0.273. The van der Waals surface area contributed by atoms with Crippen molar-refractivity contribution in [1.82, 2.24) is 15.0 Å². The fourth-order valence-electron chi connectivity index (χ4n) is 5.73. The first kappa shape index (κ1) is 24.0.